The standard InChI is InChI=1S/C7H16N2/c1-7(2)6-9(3)5-4-8/h4,7-8H,5-6H2,1-3H3. The molecule has 0 bridgehead atoms. The molecule has 0 unspecified atom stereocenters. The fraction of sp³-hybridized carbons (Fsp3) is 0.857. The highest BCUT2D eigenvalue weighted by atomic mass is 15.1. The first-order valence-corrected chi connectivity index (χ1v) is 3.34. The molecule has 0 aliphatic heterocycles. The van der Waals surface area contributed by atoms with Crippen LogP contribution in [0.15, 0.2) is 0 Å². The molecule has 0 fully saturated rings. The summed E-state index contributed by atoms with van der Waals surface area (Å²) < 4.78 is 0. The summed E-state index contributed by atoms with van der Waals surface area (Å²) in [6.45, 7) is 6.22. The van der Waals surface area contributed by atoms with Gasteiger partial charge in [0.25, 0.3) is 0 Å². The molecule has 54 valence electrons. The third kappa shape index (κ3) is 5.50. The summed E-state index contributed by atoms with van der Waals surface area (Å²) in [7, 11) is 2.03. The average molecular weight is 128 g/mol. The molecule has 0 saturated heterocycles. The zero-order chi connectivity index (χ0) is 7.28. The molecule has 0 aromatic carbocycles. The number of rotatable bonds is 4. The van der Waals surface area contributed by atoms with Gasteiger partial charge in [-0.1, -0.05) is 13.8 Å². The maximum Gasteiger partial charge on any atom is 0.0327 e. The Morgan fingerprint density at radius 1 is 1.56 bits per heavy atom. The van der Waals surface area contributed by atoms with Crippen molar-refractivity contribution in [2.45, 2.75) is 13.8 Å². The van der Waals surface area contributed by atoms with E-state index >= 15 is 0 Å². The third-order valence-electron chi connectivity index (χ3n) is 1.08. The highest BCUT2D eigenvalue weighted by Gasteiger charge is 1.97. The van der Waals surface area contributed by atoms with Crippen LogP contribution in [0.4, 0.5) is 0 Å². The first-order valence-electron chi connectivity index (χ1n) is 3.34. The third-order valence-corrected chi connectivity index (χ3v) is 1.08. The van der Waals surface area contributed by atoms with Crippen LogP contribution in [0.1, 0.15) is 13.8 Å². The minimum absolute atomic E-state index is 0.704. The predicted octanol–water partition coefficient (Wildman–Crippen LogP) is 1.22. The molecule has 2 nitrogen and oxygen atoms in total. The van der Waals surface area contributed by atoms with Crippen molar-refractivity contribution in [2.75, 3.05) is 20.1 Å². The van der Waals surface area contributed by atoms with Crippen LogP contribution in [-0.2, 0) is 0 Å². The molecule has 0 heterocycles. The van der Waals surface area contributed by atoms with Gasteiger partial charge in [0.2, 0.25) is 0 Å². The molecule has 2 heteroatoms. The summed E-state index contributed by atoms with van der Waals surface area (Å²) in [5, 5.41) is 6.81. The molecule has 1 N–H and O–H groups in total. The molecule has 0 aromatic heterocycles. The Bertz CT molecular complexity index is 79.0. The van der Waals surface area contributed by atoms with Crippen molar-refractivity contribution in [3.05, 3.63) is 0 Å². The second-order valence-corrected chi connectivity index (χ2v) is 2.82. The van der Waals surface area contributed by atoms with Crippen molar-refractivity contribution in [2.24, 2.45) is 5.92 Å². The van der Waals surface area contributed by atoms with E-state index in [-0.39, 0.29) is 0 Å². The van der Waals surface area contributed by atoms with E-state index < -0.39 is 0 Å². The van der Waals surface area contributed by atoms with Gasteiger partial charge in [-0.05, 0) is 13.0 Å². The van der Waals surface area contributed by atoms with Crippen molar-refractivity contribution in [3.8, 4) is 0 Å². The second kappa shape index (κ2) is 4.50. The Balaban J connectivity index is 3.25. The van der Waals surface area contributed by atoms with Gasteiger partial charge in [-0.25, -0.2) is 0 Å². The Morgan fingerprint density at radius 2 is 2.11 bits per heavy atom. The average Bonchev–Trinajstić information content (AvgIpc) is 1.63. The molecular formula is C7H16N2. The van der Waals surface area contributed by atoms with Gasteiger partial charge in [0, 0.05) is 19.3 Å². The van der Waals surface area contributed by atoms with E-state index in [1.54, 1.807) is 0 Å². The van der Waals surface area contributed by atoms with Crippen LogP contribution in [0.2, 0.25) is 0 Å². The topological polar surface area (TPSA) is 27.1 Å². The van der Waals surface area contributed by atoms with Crippen LogP contribution < -0.4 is 0 Å². The lowest BCUT2D eigenvalue weighted by atomic mass is 10.2. The fourth-order valence-electron chi connectivity index (χ4n) is 0.854. The maximum absolute atomic E-state index is 6.81. The zero-order valence-corrected chi connectivity index (χ0v) is 6.52. The highest BCUT2D eigenvalue weighted by molar-refractivity contribution is 5.55. The molecular weight excluding hydrogens is 112 g/mol. The van der Waals surface area contributed by atoms with Gasteiger partial charge < -0.3 is 10.3 Å². The fourth-order valence-corrected chi connectivity index (χ4v) is 0.854. The minimum atomic E-state index is 0.704. The van der Waals surface area contributed by atoms with Gasteiger partial charge >= 0.3 is 0 Å². The monoisotopic (exact) mass is 128 g/mol. The molecule has 0 aliphatic carbocycles. The molecule has 0 aromatic rings. The Morgan fingerprint density at radius 3 is 2.44 bits per heavy atom. The van der Waals surface area contributed by atoms with E-state index in [4.69, 9.17) is 5.41 Å². The first kappa shape index (κ1) is 8.63. The zero-order valence-electron chi connectivity index (χ0n) is 6.52. The van der Waals surface area contributed by atoms with Crippen molar-refractivity contribution < 1.29 is 0 Å². The van der Waals surface area contributed by atoms with Crippen LogP contribution in [0.3, 0.4) is 0 Å². The summed E-state index contributed by atoms with van der Waals surface area (Å²) in [5.74, 6) is 0.704. The molecule has 0 radical (unpaired) electrons. The lowest BCUT2D eigenvalue weighted by Gasteiger charge is -2.15. The Labute approximate surface area is 57.4 Å². The lowest BCUT2D eigenvalue weighted by molar-refractivity contribution is 0.334. The van der Waals surface area contributed by atoms with Crippen LogP contribution in [-0.4, -0.2) is 31.3 Å². The Kier molecular flexibility index (Phi) is 4.32. The number of nitrogens with one attached hydrogen (secondary N) is 1. The molecule has 9 heavy (non-hydrogen) atoms. The molecule has 0 rings (SSSR count). The van der Waals surface area contributed by atoms with Crippen molar-refractivity contribution in [1.29, 1.82) is 5.41 Å². The van der Waals surface area contributed by atoms with Gasteiger partial charge in [0.1, 0.15) is 0 Å². The smallest absolute Gasteiger partial charge is 0.0327 e. The summed E-state index contributed by atoms with van der Waals surface area (Å²) in [4.78, 5) is 2.14. The van der Waals surface area contributed by atoms with Crippen LogP contribution in [0, 0.1) is 11.3 Å². The highest BCUT2D eigenvalue weighted by Crippen LogP contribution is 1.93. The summed E-state index contributed by atoms with van der Waals surface area (Å²) in [6.07, 6.45) is 1.43. The van der Waals surface area contributed by atoms with Gasteiger partial charge in [0.05, 0.1) is 0 Å². The number of hydrogen-bond acceptors (Lipinski definition) is 2. The van der Waals surface area contributed by atoms with Crippen LogP contribution >= 0.6 is 0 Å². The number of nitrogens with zero attached hydrogens (tertiary/aromatic N) is 1. The molecule has 0 spiro atoms. The normalized spacial score (nSPS) is 10.8. The van der Waals surface area contributed by atoms with E-state index in [0.29, 0.717) is 5.92 Å². The number of hydrogen-bond donors (Lipinski definition) is 1. The van der Waals surface area contributed by atoms with Gasteiger partial charge in [-0.15, -0.1) is 0 Å². The van der Waals surface area contributed by atoms with Crippen molar-refractivity contribution in [1.82, 2.24) is 4.90 Å². The molecule has 0 amide bonds. The van der Waals surface area contributed by atoms with Gasteiger partial charge in [0.15, 0.2) is 0 Å². The van der Waals surface area contributed by atoms with Gasteiger partial charge in [-0.2, -0.15) is 0 Å². The summed E-state index contributed by atoms with van der Waals surface area (Å²) >= 11 is 0. The van der Waals surface area contributed by atoms with Crippen molar-refractivity contribution >= 4 is 6.21 Å². The van der Waals surface area contributed by atoms with Crippen LogP contribution in [0.25, 0.3) is 0 Å². The quantitative estimate of drug-likeness (QED) is 0.566. The van der Waals surface area contributed by atoms with E-state index in [0.717, 1.165) is 13.1 Å². The second-order valence-electron chi connectivity index (χ2n) is 2.82. The largest absolute Gasteiger partial charge is 0.312 e. The SMILES string of the molecule is CC(C)CN(C)CC=N. The first-order chi connectivity index (χ1) is 4.16. The lowest BCUT2D eigenvalue weighted by Crippen LogP contribution is -2.24. The molecule has 0 aliphatic rings. The predicted molar refractivity (Wildman–Crippen MR) is 41.1 cm³/mol. The minimum Gasteiger partial charge on any atom is -0.312 e. The van der Waals surface area contributed by atoms with Gasteiger partial charge in [-0.3, -0.25) is 0 Å². The Hall–Kier alpha value is -0.370. The van der Waals surface area contributed by atoms with E-state index in [2.05, 4.69) is 18.7 Å². The maximum atomic E-state index is 6.81. The molecule has 0 atom stereocenters. The van der Waals surface area contributed by atoms with E-state index in [1.807, 2.05) is 7.05 Å². The van der Waals surface area contributed by atoms with E-state index in [9.17, 15) is 0 Å². The summed E-state index contributed by atoms with van der Waals surface area (Å²) in [5.41, 5.74) is 0. The van der Waals surface area contributed by atoms with Crippen LogP contribution in [0.5, 0.6) is 0 Å². The molecule has 0 saturated carbocycles. The van der Waals surface area contributed by atoms with E-state index in [1.165, 1.54) is 6.21 Å². The van der Waals surface area contributed by atoms with Crippen molar-refractivity contribution in [3.63, 3.8) is 0 Å². The summed E-state index contributed by atoms with van der Waals surface area (Å²) in [6, 6.07) is 0.